The number of hydrogen-bond donors (Lipinski definition) is 1. The molecule has 0 spiro atoms. The van der Waals surface area contributed by atoms with E-state index in [1.54, 1.807) is 6.07 Å². The quantitative estimate of drug-likeness (QED) is 0.401. The van der Waals surface area contributed by atoms with Crippen molar-refractivity contribution in [3.05, 3.63) is 116 Å². The van der Waals surface area contributed by atoms with E-state index in [1.807, 2.05) is 92.1 Å². The van der Waals surface area contributed by atoms with Crippen LogP contribution in [0.2, 0.25) is 5.02 Å². The summed E-state index contributed by atoms with van der Waals surface area (Å²) in [6.07, 6.45) is 0. The largest absolute Gasteiger partial charge is 0.321 e. The number of amides is 1. The van der Waals surface area contributed by atoms with Gasteiger partial charge in [0.1, 0.15) is 5.56 Å². The lowest BCUT2D eigenvalue weighted by Crippen LogP contribution is -2.26. The lowest BCUT2D eigenvalue weighted by molar-refractivity contribution is 0.102. The number of benzene rings is 3. The molecular formula is C27H23ClN2O2. The Morgan fingerprint density at radius 3 is 2.12 bits per heavy atom. The summed E-state index contributed by atoms with van der Waals surface area (Å²) >= 11 is 6.53. The van der Waals surface area contributed by atoms with Crippen LogP contribution in [0.3, 0.4) is 0 Å². The summed E-state index contributed by atoms with van der Waals surface area (Å²) < 4.78 is 1.87. The molecule has 0 saturated carbocycles. The maximum absolute atomic E-state index is 13.6. The molecule has 4 aromatic rings. The molecule has 1 N–H and O–H groups in total. The van der Waals surface area contributed by atoms with Crippen LogP contribution in [0.5, 0.6) is 0 Å². The monoisotopic (exact) mass is 442 g/mol. The molecule has 1 amide bonds. The minimum absolute atomic E-state index is 0.0735. The molecule has 0 radical (unpaired) electrons. The van der Waals surface area contributed by atoms with E-state index in [-0.39, 0.29) is 11.0 Å². The van der Waals surface area contributed by atoms with E-state index < -0.39 is 5.91 Å². The zero-order valence-electron chi connectivity index (χ0n) is 18.1. The van der Waals surface area contributed by atoms with Crippen molar-refractivity contribution < 1.29 is 4.79 Å². The van der Waals surface area contributed by atoms with Crippen molar-refractivity contribution in [3.8, 4) is 16.9 Å². The highest BCUT2D eigenvalue weighted by Crippen LogP contribution is 2.31. The van der Waals surface area contributed by atoms with Crippen molar-refractivity contribution >= 4 is 23.2 Å². The van der Waals surface area contributed by atoms with E-state index in [0.717, 1.165) is 16.7 Å². The molecule has 4 nitrogen and oxygen atoms in total. The second kappa shape index (κ2) is 8.85. The molecule has 0 atom stereocenters. The summed E-state index contributed by atoms with van der Waals surface area (Å²) in [5.41, 5.74) is 4.94. The van der Waals surface area contributed by atoms with Gasteiger partial charge < -0.3 is 9.88 Å². The molecule has 0 unspecified atom stereocenters. The molecule has 0 saturated heterocycles. The van der Waals surface area contributed by atoms with Crippen LogP contribution >= 0.6 is 11.6 Å². The number of pyridine rings is 1. The van der Waals surface area contributed by atoms with Gasteiger partial charge in [0.05, 0.1) is 16.4 Å². The van der Waals surface area contributed by atoms with E-state index in [0.29, 0.717) is 27.8 Å². The fraction of sp³-hybridized carbons (Fsp3) is 0.111. The molecule has 4 rings (SSSR count). The van der Waals surface area contributed by atoms with Crippen LogP contribution in [-0.2, 0) is 0 Å². The maximum Gasteiger partial charge on any atom is 0.261 e. The number of para-hydroxylation sites is 2. The Kier molecular flexibility index (Phi) is 5.97. The van der Waals surface area contributed by atoms with Gasteiger partial charge in [-0.1, -0.05) is 72.3 Å². The first-order chi connectivity index (χ1) is 15.4. The number of aryl methyl sites for hydroxylation is 3. The predicted molar refractivity (Wildman–Crippen MR) is 131 cm³/mol. The van der Waals surface area contributed by atoms with E-state index in [1.165, 1.54) is 6.07 Å². The number of carbonyl (C=O) groups excluding carboxylic acids is 1. The third-order valence-corrected chi connectivity index (χ3v) is 5.81. The topological polar surface area (TPSA) is 51.1 Å². The molecule has 1 aromatic heterocycles. The third-order valence-electron chi connectivity index (χ3n) is 5.49. The number of rotatable bonds is 4. The zero-order chi connectivity index (χ0) is 22.8. The van der Waals surface area contributed by atoms with Crippen LogP contribution < -0.4 is 10.7 Å². The highest BCUT2D eigenvalue weighted by Gasteiger charge is 2.24. The summed E-state index contributed by atoms with van der Waals surface area (Å²) in [6, 6.07) is 24.1. The van der Waals surface area contributed by atoms with E-state index in [9.17, 15) is 9.59 Å². The zero-order valence-corrected chi connectivity index (χ0v) is 18.9. The summed E-state index contributed by atoms with van der Waals surface area (Å²) in [7, 11) is 0. The average Bonchev–Trinajstić information content (AvgIpc) is 2.77. The number of nitrogens with one attached hydrogen (secondary N) is 1. The molecule has 0 aliphatic carbocycles. The number of anilines is 1. The SMILES string of the molecule is Cc1cccc(C)c1NC(=O)c1c(-c2ccccc2)n(-c2ccccc2Cl)c(C)cc1=O. The third kappa shape index (κ3) is 3.97. The Balaban J connectivity index is 2.01. The van der Waals surface area contributed by atoms with Crippen LogP contribution in [0.15, 0.2) is 83.7 Å². The van der Waals surface area contributed by atoms with Gasteiger partial charge in [0.15, 0.2) is 5.43 Å². The Morgan fingerprint density at radius 1 is 0.844 bits per heavy atom. The van der Waals surface area contributed by atoms with Crippen LogP contribution in [0.1, 0.15) is 27.2 Å². The fourth-order valence-electron chi connectivity index (χ4n) is 3.95. The highest BCUT2D eigenvalue weighted by atomic mass is 35.5. The minimum Gasteiger partial charge on any atom is -0.321 e. The second-order valence-electron chi connectivity index (χ2n) is 7.75. The smallest absolute Gasteiger partial charge is 0.261 e. The average molecular weight is 443 g/mol. The molecular weight excluding hydrogens is 420 g/mol. The van der Waals surface area contributed by atoms with Gasteiger partial charge in [0.2, 0.25) is 0 Å². The van der Waals surface area contributed by atoms with Crippen molar-refractivity contribution in [1.82, 2.24) is 4.57 Å². The van der Waals surface area contributed by atoms with Crippen molar-refractivity contribution in [1.29, 1.82) is 0 Å². The Morgan fingerprint density at radius 2 is 1.47 bits per heavy atom. The number of halogens is 1. The summed E-state index contributed by atoms with van der Waals surface area (Å²) in [4.78, 5) is 26.8. The predicted octanol–water partition coefficient (Wildman–Crippen LogP) is 6.34. The molecule has 0 aliphatic rings. The van der Waals surface area contributed by atoms with Gasteiger partial charge in [-0.05, 0) is 49.6 Å². The number of carbonyl (C=O) groups is 1. The van der Waals surface area contributed by atoms with Gasteiger partial charge in [0.25, 0.3) is 5.91 Å². The first kappa shape index (κ1) is 21.6. The summed E-state index contributed by atoms with van der Waals surface area (Å²) in [6.45, 7) is 5.69. The fourth-order valence-corrected chi connectivity index (χ4v) is 4.17. The van der Waals surface area contributed by atoms with Gasteiger partial charge in [0, 0.05) is 17.4 Å². The lowest BCUT2D eigenvalue weighted by Gasteiger charge is -2.21. The van der Waals surface area contributed by atoms with Crippen LogP contribution in [0.25, 0.3) is 16.9 Å². The highest BCUT2D eigenvalue weighted by molar-refractivity contribution is 6.32. The van der Waals surface area contributed by atoms with Gasteiger partial charge >= 0.3 is 0 Å². The maximum atomic E-state index is 13.6. The molecule has 0 bridgehead atoms. The van der Waals surface area contributed by atoms with E-state index >= 15 is 0 Å². The van der Waals surface area contributed by atoms with Crippen LogP contribution in [0.4, 0.5) is 5.69 Å². The van der Waals surface area contributed by atoms with Crippen molar-refractivity contribution in [2.24, 2.45) is 0 Å². The normalized spacial score (nSPS) is 10.8. The Hall–Kier alpha value is -3.63. The van der Waals surface area contributed by atoms with Gasteiger partial charge in [-0.25, -0.2) is 0 Å². The van der Waals surface area contributed by atoms with Crippen LogP contribution in [-0.4, -0.2) is 10.5 Å². The minimum atomic E-state index is -0.452. The molecule has 1 heterocycles. The number of aromatic nitrogens is 1. The van der Waals surface area contributed by atoms with E-state index in [2.05, 4.69) is 5.32 Å². The molecule has 32 heavy (non-hydrogen) atoms. The first-order valence-corrected chi connectivity index (χ1v) is 10.7. The lowest BCUT2D eigenvalue weighted by atomic mass is 10.0. The van der Waals surface area contributed by atoms with Gasteiger partial charge in [-0.15, -0.1) is 0 Å². The molecule has 5 heteroatoms. The molecule has 0 aliphatic heterocycles. The molecule has 0 fully saturated rings. The number of hydrogen-bond acceptors (Lipinski definition) is 2. The van der Waals surface area contributed by atoms with E-state index in [4.69, 9.17) is 11.6 Å². The van der Waals surface area contributed by atoms with Gasteiger partial charge in [-0.2, -0.15) is 0 Å². The Labute approximate surface area is 192 Å². The first-order valence-electron chi connectivity index (χ1n) is 10.3. The van der Waals surface area contributed by atoms with Gasteiger partial charge in [-0.3, -0.25) is 9.59 Å². The standard InChI is InChI=1S/C27H23ClN2O2/c1-17-10-9-11-18(2)25(17)29-27(32)24-23(31)16-19(3)30(22-15-8-7-14-21(22)28)26(24)20-12-5-4-6-13-20/h4-16H,1-3H3,(H,29,32). The summed E-state index contributed by atoms with van der Waals surface area (Å²) in [5, 5.41) is 3.50. The Bertz CT molecular complexity index is 1350. The second-order valence-corrected chi connectivity index (χ2v) is 8.15. The van der Waals surface area contributed by atoms with Crippen LogP contribution in [0, 0.1) is 20.8 Å². The van der Waals surface area contributed by atoms with Crippen molar-refractivity contribution in [2.45, 2.75) is 20.8 Å². The molecule has 160 valence electrons. The molecule has 3 aromatic carbocycles. The number of nitrogens with zero attached hydrogens (tertiary/aromatic N) is 1. The van der Waals surface area contributed by atoms with Crippen molar-refractivity contribution in [3.63, 3.8) is 0 Å². The van der Waals surface area contributed by atoms with Crippen molar-refractivity contribution in [2.75, 3.05) is 5.32 Å². The summed E-state index contributed by atoms with van der Waals surface area (Å²) in [5.74, 6) is -0.452.